The summed E-state index contributed by atoms with van der Waals surface area (Å²) in [5, 5.41) is 3.23. The zero-order chi connectivity index (χ0) is 14.4. The molecule has 0 atom stereocenters. The zero-order valence-corrected chi connectivity index (χ0v) is 11.4. The van der Waals surface area contributed by atoms with Crippen molar-refractivity contribution >= 4 is 11.7 Å². The summed E-state index contributed by atoms with van der Waals surface area (Å²) in [6.45, 7) is 0.627. The number of benzene rings is 1. The van der Waals surface area contributed by atoms with Crippen LogP contribution in [-0.2, 0) is 11.3 Å². The van der Waals surface area contributed by atoms with Crippen molar-refractivity contribution in [3.05, 3.63) is 53.9 Å². The number of nitrogens with zero attached hydrogens (tertiary/aromatic N) is 1. The largest absolute Gasteiger partial charge is 0.497 e. The molecule has 0 unspecified atom stereocenters. The fourth-order valence-electron chi connectivity index (χ4n) is 1.74. The lowest BCUT2D eigenvalue weighted by atomic mass is 10.2. The van der Waals surface area contributed by atoms with E-state index in [2.05, 4.69) is 15.0 Å². The predicted octanol–water partition coefficient (Wildman–Crippen LogP) is 2.49. The molecule has 1 aromatic heterocycles. The highest BCUT2D eigenvalue weighted by molar-refractivity contribution is 5.88. The van der Waals surface area contributed by atoms with Crippen LogP contribution in [0.3, 0.4) is 0 Å². The van der Waals surface area contributed by atoms with Crippen molar-refractivity contribution in [1.82, 2.24) is 4.98 Å². The number of pyridine rings is 1. The van der Waals surface area contributed by atoms with Crippen LogP contribution in [-0.4, -0.2) is 25.2 Å². The standard InChI is InChI=1S/C15H16N2O3/c1-19-13-5-3-4-11(8-13)10-17-12-6-7-16-14(9-12)15(18)20-2/h3-9H,10H2,1-2H3,(H,16,17). The van der Waals surface area contributed by atoms with Crippen molar-refractivity contribution in [2.24, 2.45) is 0 Å². The first-order valence-corrected chi connectivity index (χ1v) is 6.14. The number of aromatic nitrogens is 1. The molecule has 0 aliphatic carbocycles. The van der Waals surface area contributed by atoms with Crippen LogP contribution in [0.4, 0.5) is 5.69 Å². The third-order valence-electron chi connectivity index (χ3n) is 2.79. The Kier molecular flexibility index (Phi) is 4.55. The monoisotopic (exact) mass is 272 g/mol. The third-order valence-corrected chi connectivity index (χ3v) is 2.79. The predicted molar refractivity (Wildman–Crippen MR) is 75.9 cm³/mol. The molecule has 2 aromatic rings. The number of carbonyl (C=O) groups excluding carboxylic acids is 1. The molecule has 104 valence electrons. The second-order valence-electron chi connectivity index (χ2n) is 4.13. The van der Waals surface area contributed by atoms with Gasteiger partial charge in [0.25, 0.3) is 0 Å². The third kappa shape index (κ3) is 3.47. The summed E-state index contributed by atoms with van der Waals surface area (Å²) in [7, 11) is 2.97. The maximum Gasteiger partial charge on any atom is 0.356 e. The molecule has 0 radical (unpaired) electrons. The minimum absolute atomic E-state index is 0.281. The molecule has 0 bridgehead atoms. The van der Waals surface area contributed by atoms with Crippen LogP contribution >= 0.6 is 0 Å². The number of methoxy groups -OCH3 is 2. The molecule has 0 saturated carbocycles. The van der Waals surface area contributed by atoms with Crippen molar-refractivity contribution in [1.29, 1.82) is 0 Å². The summed E-state index contributed by atoms with van der Waals surface area (Å²) in [5.41, 5.74) is 2.17. The molecule has 0 spiro atoms. The van der Waals surface area contributed by atoms with Crippen LogP contribution in [0.15, 0.2) is 42.6 Å². The highest BCUT2D eigenvalue weighted by atomic mass is 16.5. The van der Waals surface area contributed by atoms with Crippen molar-refractivity contribution in [2.45, 2.75) is 6.54 Å². The van der Waals surface area contributed by atoms with Gasteiger partial charge in [-0.3, -0.25) is 0 Å². The van der Waals surface area contributed by atoms with E-state index >= 15 is 0 Å². The van der Waals surface area contributed by atoms with Crippen LogP contribution in [0.1, 0.15) is 16.1 Å². The summed E-state index contributed by atoms with van der Waals surface area (Å²) < 4.78 is 9.81. The van der Waals surface area contributed by atoms with E-state index in [0.29, 0.717) is 6.54 Å². The molecule has 5 nitrogen and oxygen atoms in total. The van der Waals surface area contributed by atoms with Gasteiger partial charge in [-0.05, 0) is 29.8 Å². The number of carbonyl (C=O) groups is 1. The van der Waals surface area contributed by atoms with Crippen molar-refractivity contribution < 1.29 is 14.3 Å². The van der Waals surface area contributed by atoms with Gasteiger partial charge in [-0.2, -0.15) is 0 Å². The zero-order valence-electron chi connectivity index (χ0n) is 11.4. The molecule has 2 rings (SSSR count). The van der Waals surface area contributed by atoms with E-state index in [4.69, 9.17) is 4.74 Å². The van der Waals surface area contributed by atoms with Crippen LogP contribution in [0.5, 0.6) is 5.75 Å². The van der Waals surface area contributed by atoms with Crippen LogP contribution in [0.2, 0.25) is 0 Å². The van der Waals surface area contributed by atoms with Crippen molar-refractivity contribution in [3.63, 3.8) is 0 Å². The second kappa shape index (κ2) is 6.56. The fourth-order valence-corrected chi connectivity index (χ4v) is 1.74. The molecule has 0 saturated heterocycles. The first kappa shape index (κ1) is 13.9. The van der Waals surface area contributed by atoms with Crippen LogP contribution in [0, 0.1) is 0 Å². The normalized spacial score (nSPS) is 9.90. The highest BCUT2D eigenvalue weighted by Crippen LogP contribution is 2.15. The van der Waals surface area contributed by atoms with E-state index in [1.165, 1.54) is 7.11 Å². The Morgan fingerprint density at radius 3 is 2.85 bits per heavy atom. The number of anilines is 1. The number of hydrogen-bond donors (Lipinski definition) is 1. The van der Waals surface area contributed by atoms with Gasteiger partial charge in [0.2, 0.25) is 0 Å². The first-order chi connectivity index (χ1) is 9.72. The molecule has 0 aliphatic heterocycles. The lowest BCUT2D eigenvalue weighted by Crippen LogP contribution is -2.06. The van der Waals surface area contributed by atoms with E-state index in [1.807, 2.05) is 24.3 Å². The lowest BCUT2D eigenvalue weighted by Gasteiger charge is -2.08. The van der Waals surface area contributed by atoms with Crippen molar-refractivity contribution in [3.8, 4) is 5.75 Å². The maximum atomic E-state index is 11.4. The van der Waals surface area contributed by atoms with Gasteiger partial charge in [0.1, 0.15) is 11.4 Å². The topological polar surface area (TPSA) is 60.5 Å². The first-order valence-electron chi connectivity index (χ1n) is 6.14. The summed E-state index contributed by atoms with van der Waals surface area (Å²) in [6, 6.07) is 11.2. The molecular formula is C15H16N2O3. The van der Waals surface area contributed by atoms with Gasteiger partial charge in [-0.1, -0.05) is 12.1 Å². The quantitative estimate of drug-likeness (QED) is 0.847. The smallest absolute Gasteiger partial charge is 0.356 e. The Hall–Kier alpha value is -2.56. The van der Waals surface area contributed by atoms with Gasteiger partial charge in [0, 0.05) is 18.4 Å². The van der Waals surface area contributed by atoms with Crippen LogP contribution < -0.4 is 10.1 Å². The van der Waals surface area contributed by atoms with E-state index in [-0.39, 0.29) is 5.69 Å². The molecule has 1 heterocycles. The number of rotatable bonds is 5. The van der Waals surface area contributed by atoms with Gasteiger partial charge in [0.05, 0.1) is 14.2 Å². The summed E-state index contributed by atoms with van der Waals surface area (Å²) in [5.74, 6) is 0.365. The van der Waals surface area contributed by atoms with Gasteiger partial charge in [-0.15, -0.1) is 0 Å². The van der Waals surface area contributed by atoms with E-state index < -0.39 is 5.97 Å². The second-order valence-corrected chi connectivity index (χ2v) is 4.13. The van der Waals surface area contributed by atoms with E-state index in [1.54, 1.807) is 25.4 Å². The SMILES string of the molecule is COC(=O)c1cc(NCc2cccc(OC)c2)ccn1. The van der Waals surface area contributed by atoms with E-state index in [9.17, 15) is 4.79 Å². The Morgan fingerprint density at radius 2 is 2.10 bits per heavy atom. The van der Waals surface area contributed by atoms with Crippen LogP contribution in [0.25, 0.3) is 0 Å². The molecule has 0 aliphatic rings. The number of nitrogens with one attached hydrogen (secondary N) is 1. The molecule has 0 fully saturated rings. The average molecular weight is 272 g/mol. The number of ether oxygens (including phenoxy) is 2. The van der Waals surface area contributed by atoms with Gasteiger partial charge in [0.15, 0.2) is 0 Å². The Bertz CT molecular complexity index is 599. The summed E-state index contributed by atoms with van der Waals surface area (Å²) in [4.78, 5) is 15.4. The Labute approximate surface area is 117 Å². The Morgan fingerprint density at radius 1 is 1.25 bits per heavy atom. The average Bonchev–Trinajstić information content (AvgIpc) is 2.52. The van der Waals surface area contributed by atoms with E-state index in [0.717, 1.165) is 17.0 Å². The molecular weight excluding hydrogens is 256 g/mol. The molecule has 5 heteroatoms. The van der Waals surface area contributed by atoms with Gasteiger partial charge < -0.3 is 14.8 Å². The number of esters is 1. The van der Waals surface area contributed by atoms with Gasteiger partial charge >= 0.3 is 5.97 Å². The lowest BCUT2D eigenvalue weighted by molar-refractivity contribution is 0.0594. The molecule has 20 heavy (non-hydrogen) atoms. The Balaban J connectivity index is 2.05. The minimum Gasteiger partial charge on any atom is -0.497 e. The molecule has 1 aromatic carbocycles. The van der Waals surface area contributed by atoms with Gasteiger partial charge in [-0.25, -0.2) is 9.78 Å². The van der Waals surface area contributed by atoms with Crippen molar-refractivity contribution in [2.75, 3.05) is 19.5 Å². The molecule has 0 amide bonds. The highest BCUT2D eigenvalue weighted by Gasteiger charge is 2.07. The maximum absolute atomic E-state index is 11.4. The number of hydrogen-bond acceptors (Lipinski definition) is 5. The molecule has 1 N–H and O–H groups in total. The minimum atomic E-state index is -0.449. The summed E-state index contributed by atoms with van der Waals surface area (Å²) in [6.07, 6.45) is 1.57. The summed E-state index contributed by atoms with van der Waals surface area (Å²) >= 11 is 0. The fraction of sp³-hybridized carbons (Fsp3) is 0.200.